The summed E-state index contributed by atoms with van der Waals surface area (Å²) in [6.45, 7) is 10.8. The number of carbonyl (C=O) groups is 1. The average Bonchev–Trinajstić information content (AvgIpc) is 2.29. The Morgan fingerprint density at radius 2 is 1.71 bits per heavy atom. The van der Waals surface area contributed by atoms with Crippen LogP contribution in [0.1, 0.15) is 38.8 Å². The van der Waals surface area contributed by atoms with Crippen LogP contribution in [0.15, 0.2) is 23.1 Å². The van der Waals surface area contributed by atoms with Gasteiger partial charge in [-0.05, 0) is 64.8 Å². The van der Waals surface area contributed by atoms with E-state index in [-0.39, 0.29) is 10.8 Å². The van der Waals surface area contributed by atoms with Crippen molar-refractivity contribution in [2.75, 3.05) is 0 Å². The summed E-state index contributed by atoms with van der Waals surface area (Å²) in [5.74, 6) is -0.352. The molecule has 1 aromatic carbocycles. The van der Waals surface area contributed by atoms with E-state index < -0.39 is 21.6 Å². The molecule has 0 saturated heterocycles. The predicted molar refractivity (Wildman–Crippen MR) is 83.6 cm³/mol. The summed E-state index contributed by atoms with van der Waals surface area (Å²) in [5, 5.41) is 2.75. The second-order valence-electron chi connectivity index (χ2n) is 6.33. The van der Waals surface area contributed by atoms with Crippen LogP contribution in [0.4, 0.5) is 0 Å². The van der Waals surface area contributed by atoms with Crippen molar-refractivity contribution in [3.05, 3.63) is 29.3 Å². The highest BCUT2D eigenvalue weighted by Gasteiger charge is 2.24. The minimum Gasteiger partial charge on any atom is -0.350 e. The van der Waals surface area contributed by atoms with Crippen LogP contribution in [-0.2, 0) is 14.8 Å². The molecule has 0 saturated carbocycles. The van der Waals surface area contributed by atoms with Crippen molar-refractivity contribution in [2.24, 2.45) is 0 Å². The number of aryl methyl sites for hydroxylation is 2. The summed E-state index contributed by atoms with van der Waals surface area (Å²) >= 11 is 0. The van der Waals surface area contributed by atoms with Crippen molar-refractivity contribution in [1.82, 2.24) is 10.0 Å². The summed E-state index contributed by atoms with van der Waals surface area (Å²) in [5.41, 5.74) is 1.51. The zero-order chi connectivity index (χ0) is 16.4. The molecule has 0 aromatic heterocycles. The summed E-state index contributed by atoms with van der Waals surface area (Å²) in [7, 11) is -3.71. The third kappa shape index (κ3) is 5.13. The first-order chi connectivity index (χ1) is 9.42. The predicted octanol–water partition coefficient (Wildman–Crippen LogP) is 1.88. The third-order valence-electron chi connectivity index (χ3n) is 3.01. The molecule has 5 nitrogen and oxygen atoms in total. The Labute approximate surface area is 127 Å². The van der Waals surface area contributed by atoms with Gasteiger partial charge >= 0.3 is 0 Å². The van der Waals surface area contributed by atoms with Crippen LogP contribution < -0.4 is 10.0 Å². The van der Waals surface area contributed by atoms with Crippen molar-refractivity contribution < 1.29 is 13.2 Å². The highest BCUT2D eigenvalue weighted by Crippen LogP contribution is 2.15. The van der Waals surface area contributed by atoms with Crippen LogP contribution in [0.5, 0.6) is 0 Å². The third-order valence-corrected chi connectivity index (χ3v) is 4.55. The number of amides is 1. The molecule has 0 radical (unpaired) electrons. The molecule has 0 fully saturated rings. The van der Waals surface area contributed by atoms with E-state index in [4.69, 9.17) is 0 Å². The van der Waals surface area contributed by atoms with Gasteiger partial charge in [0, 0.05) is 5.54 Å². The topological polar surface area (TPSA) is 75.3 Å². The maximum atomic E-state index is 12.3. The highest BCUT2D eigenvalue weighted by molar-refractivity contribution is 7.89. The molecule has 0 aliphatic rings. The number of sulfonamides is 1. The largest absolute Gasteiger partial charge is 0.350 e. The Morgan fingerprint density at radius 3 is 2.19 bits per heavy atom. The zero-order valence-corrected chi connectivity index (χ0v) is 14.3. The molecule has 0 spiro atoms. The smallest absolute Gasteiger partial charge is 0.241 e. The molecule has 0 aliphatic heterocycles. The van der Waals surface area contributed by atoms with Crippen molar-refractivity contribution in [3.8, 4) is 0 Å². The molecule has 1 amide bonds. The first-order valence-electron chi connectivity index (χ1n) is 6.84. The van der Waals surface area contributed by atoms with Gasteiger partial charge in [0.05, 0.1) is 10.9 Å². The van der Waals surface area contributed by atoms with Gasteiger partial charge in [-0.2, -0.15) is 4.72 Å². The highest BCUT2D eigenvalue weighted by atomic mass is 32.2. The molecule has 2 N–H and O–H groups in total. The quantitative estimate of drug-likeness (QED) is 0.891. The summed E-state index contributed by atoms with van der Waals surface area (Å²) in [6.07, 6.45) is 0. The van der Waals surface area contributed by atoms with E-state index in [9.17, 15) is 13.2 Å². The van der Waals surface area contributed by atoms with E-state index >= 15 is 0 Å². The summed E-state index contributed by atoms with van der Waals surface area (Å²) < 4.78 is 27.0. The second-order valence-corrected chi connectivity index (χ2v) is 8.04. The number of hydrogen-bond donors (Lipinski definition) is 2. The molecule has 0 bridgehead atoms. The maximum absolute atomic E-state index is 12.3. The second kappa shape index (κ2) is 6.15. The lowest BCUT2D eigenvalue weighted by molar-refractivity contribution is -0.123. The van der Waals surface area contributed by atoms with Crippen molar-refractivity contribution in [2.45, 2.75) is 58.0 Å². The first-order valence-corrected chi connectivity index (χ1v) is 8.32. The number of benzene rings is 1. The van der Waals surface area contributed by atoms with E-state index in [0.717, 1.165) is 11.1 Å². The summed E-state index contributed by atoms with van der Waals surface area (Å²) in [4.78, 5) is 12.1. The van der Waals surface area contributed by atoms with Crippen molar-refractivity contribution in [1.29, 1.82) is 0 Å². The standard InChI is InChI=1S/C15H24N2O3S/c1-10-7-8-13(9-11(10)2)21(19,20)17-12(3)14(18)16-15(4,5)6/h7-9,12,17H,1-6H3,(H,16,18). The van der Waals surface area contributed by atoms with E-state index in [1.54, 1.807) is 18.2 Å². The van der Waals surface area contributed by atoms with E-state index in [0.29, 0.717) is 0 Å². The molecule has 6 heteroatoms. The zero-order valence-electron chi connectivity index (χ0n) is 13.4. The minimum absolute atomic E-state index is 0.168. The van der Waals surface area contributed by atoms with Crippen LogP contribution in [0.2, 0.25) is 0 Å². The Hall–Kier alpha value is -1.40. The Kier molecular flexibility index (Phi) is 5.17. The van der Waals surface area contributed by atoms with Crippen LogP contribution >= 0.6 is 0 Å². The van der Waals surface area contributed by atoms with Crippen molar-refractivity contribution in [3.63, 3.8) is 0 Å². The van der Waals surface area contributed by atoms with Crippen LogP contribution in [0.25, 0.3) is 0 Å². The number of carbonyl (C=O) groups excluding carboxylic acids is 1. The van der Waals surface area contributed by atoms with Gasteiger partial charge in [-0.15, -0.1) is 0 Å². The molecule has 1 atom stereocenters. The van der Waals surface area contributed by atoms with Gasteiger partial charge in [0.2, 0.25) is 15.9 Å². The van der Waals surface area contributed by atoms with Gasteiger partial charge in [0.1, 0.15) is 0 Å². The molecular weight excluding hydrogens is 288 g/mol. The lowest BCUT2D eigenvalue weighted by Crippen LogP contribution is -2.50. The van der Waals surface area contributed by atoms with Gasteiger partial charge < -0.3 is 5.32 Å². The van der Waals surface area contributed by atoms with Crippen molar-refractivity contribution >= 4 is 15.9 Å². The van der Waals surface area contributed by atoms with Crippen LogP contribution in [-0.4, -0.2) is 25.9 Å². The maximum Gasteiger partial charge on any atom is 0.241 e. The number of hydrogen-bond acceptors (Lipinski definition) is 3. The van der Waals surface area contributed by atoms with Gasteiger partial charge in [0.15, 0.2) is 0 Å². The monoisotopic (exact) mass is 312 g/mol. The molecule has 1 aromatic rings. The fraction of sp³-hybridized carbons (Fsp3) is 0.533. The Bertz CT molecular complexity index is 631. The van der Waals surface area contributed by atoms with Gasteiger partial charge in [-0.25, -0.2) is 8.42 Å². The fourth-order valence-corrected chi connectivity index (χ4v) is 3.00. The molecule has 1 rings (SSSR count). The Balaban J connectivity index is 2.89. The molecule has 0 aliphatic carbocycles. The lowest BCUT2D eigenvalue weighted by atomic mass is 10.1. The van der Waals surface area contributed by atoms with Crippen LogP contribution in [0.3, 0.4) is 0 Å². The normalized spacial score (nSPS) is 13.8. The molecule has 0 heterocycles. The van der Waals surface area contributed by atoms with Gasteiger partial charge in [0.25, 0.3) is 0 Å². The van der Waals surface area contributed by atoms with Gasteiger partial charge in [-0.3, -0.25) is 4.79 Å². The molecule has 118 valence electrons. The van der Waals surface area contributed by atoms with E-state index in [1.807, 2.05) is 34.6 Å². The average molecular weight is 312 g/mol. The van der Waals surface area contributed by atoms with E-state index in [1.165, 1.54) is 6.92 Å². The molecule has 1 unspecified atom stereocenters. The summed E-state index contributed by atoms with van der Waals surface area (Å²) in [6, 6.07) is 4.06. The Morgan fingerprint density at radius 1 is 1.14 bits per heavy atom. The van der Waals surface area contributed by atoms with Gasteiger partial charge in [-0.1, -0.05) is 6.07 Å². The minimum atomic E-state index is -3.71. The molecule has 21 heavy (non-hydrogen) atoms. The SMILES string of the molecule is Cc1ccc(S(=O)(=O)NC(C)C(=O)NC(C)(C)C)cc1C. The fourth-order valence-electron chi connectivity index (χ4n) is 1.71. The number of rotatable bonds is 4. The van der Waals surface area contributed by atoms with Crippen LogP contribution in [0, 0.1) is 13.8 Å². The molecular formula is C15H24N2O3S. The van der Waals surface area contributed by atoms with E-state index in [2.05, 4.69) is 10.0 Å². The number of nitrogens with one attached hydrogen (secondary N) is 2. The first kappa shape index (κ1) is 17.7. The lowest BCUT2D eigenvalue weighted by Gasteiger charge is -2.23.